The van der Waals surface area contributed by atoms with Crippen LogP contribution in [0.4, 0.5) is 5.69 Å². The van der Waals surface area contributed by atoms with Gasteiger partial charge in [0.25, 0.3) is 5.91 Å². The van der Waals surface area contributed by atoms with E-state index in [0.717, 1.165) is 5.56 Å². The van der Waals surface area contributed by atoms with E-state index < -0.39 is 18.0 Å². The molecule has 26 heavy (non-hydrogen) atoms. The molecule has 0 radical (unpaired) electrons. The zero-order valence-electron chi connectivity index (χ0n) is 15.0. The third-order valence-corrected chi connectivity index (χ3v) is 3.88. The molecule has 0 heterocycles. The summed E-state index contributed by atoms with van der Waals surface area (Å²) in [6, 6.07) is 9.96. The van der Waals surface area contributed by atoms with E-state index in [-0.39, 0.29) is 5.56 Å². The van der Waals surface area contributed by atoms with E-state index in [4.69, 9.17) is 25.8 Å². The minimum atomic E-state index is -1.03. The van der Waals surface area contributed by atoms with E-state index in [1.165, 1.54) is 27.2 Å². The molecule has 0 saturated carbocycles. The van der Waals surface area contributed by atoms with Gasteiger partial charge in [-0.15, -0.1) is 0 Å². The number of hydrogen-bond donors (Lipinski definition) is 1. The molecule has 1 amide bonds. The largest absolute Gasteiger partial charge is 0.496 e. The first-order valence-electron chi connectivity index (χ1n) is 7.85. The van der Waals surface area contributed by atoms with Crippen molar-refractivity contribution in [1.82, 2.24) is 0 Å². The van der Waals surface area contributed by atoms with Gasteiger partial charge in [0.2, 0.25) is 0 Å². The van der Waals surface area contributed by atoms with Gasteiger partial charge in [-0.2, -0.15) is 0 Å². The smallest absolute Gasteiger partial charge is 0.342 e. The van der Waals surface area contributed by atoms with Crippen LogP contribution in [0.5, 0.6) is 11.5 Å². The second kappa shape index (κ2) is 8.58. The van der Waals surface area contributed by atoms with Crippen LogP contribution in [0, 0.1) is 6.92 Å². The first-order chi connectivity index (χ1) is 12.3. The summed E-state index contributed by atoms with van der Waals surface area (Å²) in [7, 11) is 2.94. The molecule has 0 saturated heterocycles. The van der Waals surface area contributed by atoms with Crippen LogP contribution < -0.4 is 14.8 Å². The van der Waals surface area contributed by atoms with E-state index in [2.05, 4.69) is 5.32 Å². The predicted octanol–water partition coefficient (Wildman–Crippen LogP) is 3.85. The van der Waals surface area contributed by atoms with Crippen molar-refractivity contribution in [2.45, 2.75) is 20.0 Å². The van der Waals surface area contributed by atoms with Gasteiger partial charge in [-0.1, -0.05) is 17.7 Å². The van der Waals surface area contributed by atoms with Gasteiger partial charge >= 0.3 is 5.97 Å². The van der Waals surface area contributed by atoms with Gasteiger partial charge in [0.05, 0.1) is 19.9 Å². The summed E-state index contributed by atoms with van der Waals surface area (Å²) in [5.41, 5.74) is 1.60. The van der Waals surface area contributed by atoms with Crippen molar-refractivity contribution in [3.8, 4) is 11.5 Å². The summed E-state index contributed by atoms with van der Waals surface area (Å²) in [6.45, 7) is 3.37. The first kappa shape index (κ1) is 19.6. The molecule has 0 bridgehead atoms. The molecule has 0 spiro atoms. The van der Waals surface area contributed by atoms with Crippen LogP contribution in [0.25, 0.3) is 0 Å². The standard InChI is InChI=1S/C19H20ClNO5/c1-11-5-7-17(25-4)15(9-11)21-18(22)12(2)26-19(23)14-10-13(20)6-8-16(14)24-3/h5-10,12H,1-4H3,(H,21,22)/t12-/m0/s1. The number of halogens is 1. The third-order valence-electron chi connectivity index (χ3n) is 3.65. The highest BCUT2D eigenvalue weighted by Crippen LogP contribution is 2.26. The lowest BCUT2D eigenvalue weighted by Gasteiger charge is -2.16. The number of methoxy groups -OCH3 is 2. The maximum absolute atomic E-state index is 12.4. The average molecular weight is 378 g/mol. The second-order valence-electron chi connectivity index (χ2n) is 5.59. The summed E-state index contributed by atoms with van der Waals surface area (Å²) in [5, 5.41) is 3.06. The minimum Gasteiger partial charge on any atom is -0.496 e. The second-order valence-corrected chi connectivity index (χ2v) is 6.02. The number of anilines is 1. The zero-order valence-corrected chi connectivity index (χ0v) is 15.7. The number of rotatable bonds is 6. The Morgan fingerprint density at radius 1 is 1.04 bits per heavy atom. The highest BCUT2D eigenvalue weighted by atomic mass is 35.5. The SMILES string of the molecule is COc1ccc(C)cc1NC(=O)[C@H](C)OC(=O)c1cc(Cl)ccc1OC. The average Bonchev–Trinajstić information content (AvgIpc) is 2.61. The monoisotopic (exact) mass is 377 g/mol. The zero-order chi connectivity index (χ0) is 19.3. The minimum absolute atomic E-state index is 0.146. The Morgan fingerprint density at radius 2 is 1.69 bits per heavy atom. The molecule has 1 N–H and O–H groups in total. The number of amides is 1. The van der Waals surface area contributed by atoms with Crippen molar-refractivity contribution in [2.24, 2.45) is 0 Å². The Hall–Kier alpha value is -2.73. The molecule has 0 aliphatic heterocycles. The Kier molecular flexibility index (Phi) is 6.46. The number of nitrogens with one attached hydrogen (secondary N) is 1. The van der Waals surface area contributed by atoms with E-state index in [1.807, 2.05) is 13.0 Å². The molecule has 0 aliphatic carbocycles. The molecule has 2 rings (SSSR count). The van der Waals surface area contributed by atoms with Crippen LogP contribution in [-0.2, 0) is 9.53 Å². The fraction of sp³-hybridized carbons (Fsp3) is 0.263. The van der Waals surface area contributed by atoms with Crippen molar-refractivity contribution in [1.29, 1.82) is 0 Å². The van der Waals surface area contributed by atoms with Gasteiger partial charge in [0.1, 0.15) is 17.1 Å². The van der Waals surface area contributed by atoms with E-state index >= 15 is 0 Å². The lowest BCUT2D eigenvalue weighted by Crippen LogP contribution is -2.30. The molecule has 0 aliphatic rings. The molecule has 2 aromatic carbocycles. The number of carbonyl (C=O) groups excluding carboxylic acids is 2. The number of esters is 1. The van der Waals surface area contributed by atoms with Gasteiger partial charge in [-0.05, 0) is 49.7 Å². The molecule has 0 aromatic heterocycles. The van der Waals surface area contributed by atoms with Crippen LogP contribution in [0.15, 0.2) is 36.4 Å². The molecular formula is C19H20ClNO5. The summed E-state index contributed by atoms with van der Waals surface area (Å²) >= 11 is 5.92. The molecule has 138 valence electrons. The summed E-state index contributed by atoms with van der Waals surface area (Å²) in [5.74, 6) is -0.363. The van der Waals surface area contributed by atoms with Gasteiger partial charge in [-0.3, -0.25) is 4.79 Å². The molecule has 1 atom stereocenters. The number of hydrogen-bond acceptors (Lipinski definition) is 5. The lowest BCUT2D eigenvalue weighted by molar-refractivity contribution is -0.123. The highest BCUT2D eigenvalue weighted by Gasteiger charge is 2.22. The fourth-order valence-corrected chi connectivity index (χ4v) is 2.44. The Bertz CT molecular complexity index is 822. The molecule has 0 fully saturated rings. The topological polar surface area (TPSA) is 73.9 Å². The van der Waals surface area contributed by atoms with Gasteiger partial charge in [-0.25, -0.2) is 4.79 Å². The predicted molar refractivity (Wildman–Crippen MR) is 99.2 cm³/mol. The maximum Gasteiger partial charge on any atom is 0.342 e. The van der Waals surface area contributed by atoms with Crippen molar-refractivity contribution in [2.75, 3.05) is 19.5 Å². The number of aryl methyl sites for hydroxylation is 1. The Morgan fingerprint density at radius 3 is 2.35 bits per heavy atom. The quantitative estimate of drug-likeness (QED) is 0.774. The van der Waals surface area contributed by atoms with Crippen molar-refractivity contribution >= 4 is 29.2 Å². The highest BCUT2D eigenvalue weighted by molar-refractivity contribution is 6.31. The van der Waals surface area contributed by atoms with Crippen molar-refractivity contribution in [3.63, 3.8) is 0 Å². The van der Waals surface area contributed by atoms with Crippen LogP contribution in [0.1, 0.15) is 22.8 Å². The Balaban J connectivity index is 2.11. The van der Waals surface area contributed by atoms with Gasteiger partial charge < -0.3 is 19.5 Å². The van der Waals surface area contributed by atoms with E-state index in [1.54, 1.807) is 24.3 Å². The third kappa shape index (κ3) is 4.67. The number of ether oxygens (including phenoxy) is 3. The summed E-state index contributed by atoms with van der Waals surface area (Å²) in [6.07, 6.45) is -1.03. The number of benzene rings is 2. The number of carbonyl (C=O) groups is 2. The van der Waals surface area contributed by atoms with Crippen molar-refractivity contribution in [3.05, 3.63) is 52.5 Å². The van der Waals surface area contributed by atoms with E-state index in [0.29, 0.717) is 22.2 Å². The summed E-state index contributed by atoms with van der Waals surface area (Å²) < 4.78 is 15.6. The summed E-state index contributed by atoms with van der Waals surface area (Å²) in [4.78, 5) is 24.7. The molecule has 6 nitrogen and oxygen atoms in total. The molecular weight excluding hydrogens is 358 g/mol. The Labute approximate surface area is 157 Å². The van der Waals surface area contributed by atoms with Crippen LogP contribution in [-0.4, -0.2) is 32.2 Å². The normalized spacial score (nSPS) is 11.4. The van der Waals surface area contributed by atoms with Crippen molar-refractivity contribution < 1.29 is 23.8 Å². The first-order valence-corrected chi connectivity index (χ1v) is 8.23. The lowest BCUT2D eigenvalue weighted by atomic mass is 10.2. The maximum atomic E-state index is 12.4. The van der Waals surface area contributed by atoms with E-state index in [9.17, 15) is 9.59 Å². The van der Waals surface area contributed by atoms with Gasteiger partial charge in [0.15, 0.2) is 6.10 Å². The van der Waals surface area contributed by atoms with Crippen LogP contribution in [0.3, 0.4) is 0 Å². The van der Waals surface area contributed by atoms with Gasteiger partial charge in [0, 0.05) is 5.02 Å². The molecule has 2 aromatic rings. The molecule has 7 heteroatoms. The fourth-order valence-electron chi connectivity index (χ4n) is 2.27. The van der Waals surface area contributed by atoms with Crippen LogP contribution >= 0.6 is 11.6 Å². The molecule has 0 unspecified atom stereocenters. The van der Waals surface area contributed by atoms with Crippen LogP contribution in [0.2, 0.25) is 5.02 Å².